The van der Waals surface area contributed by atoms with Crippen molar-refractivity contribution in [1.29, 1.82) is 0 Å². The fourth-order valence-electron chi connectivity index (χ4n) is 1.87. The average Bonchev–Trinajstić information content (AvgIpc) is 2.60. The molecule has 0 aliphatic carbocycles. The monoisotopic (exact) mass is 379 g/mol. The smallest absolute Gasteiger partial charge is 0.272 e. The molecule has 0 aliphatic heterocycles. The summed E-state index contributed by atoms with van der Waals surface area (Å²) in [4.78, 5) is 22.5. The highest BCUT2D eigenvalue weighted by molar-refractivity contribution is 6.35. The van der Waals surface area contributed by atoms with Crippen LogP contribution in [0.5, 0.6) is 5.75 Å². The Balaban J connectivity index is 2.04. The first-order chi connectivity index (χ1) is 11.9. The lowest BCUT2D eigenvalue weighted by Gasteiger charge is -2.08. The van der Waals surface area contributed by atoms with Crippen LogP contribution in [-0.2, 0) is 4.79 Å². The predicted octanol–water partition coefficient (Wildman–Crippen LogP) is 2.28. The highest BCUT2D eigenvalue weighted by Gasteiger charge is 2.10. The van der Waals surface area contributed by atoms with Gasteiger partial charge in [0.15, 0.2) is 0 Å². The van der Waals surface area contributed by atoms with Crippen molar-refractivity contribution in [3.8, 4) is 5.75 Å². The summed E-state index contributed by atoms with van der Waals surface area (Å²) in [7, 11) is 0. The highest BCUT2D eigenvalue weighted by Crippen LogP contribution is 2.20. The normalized spacial score (nSPS) is 11.1. The molecule has 0 fully saturated rings. The minimum atomic E-state index is -1.30. The van der Waals surface area contributed by atoms with Crippen LogP contribution < -0.4 is 15.3 Å². The molecule has 130 valence electrons. The van der Waals surface area contributed by atoms with E-state index < -0.39 is 18.5 Å². The maximum Gasteiger partial charge on any atom is 0.272 e. The summed E-state index contributed by atoms with van der Waals surface area (Å²) >= 11 is 11.8. The molecule has 0 heterocycles. The number of nitrogens with zero attached hydrogens (tertiary/aromatic N) is 1. The first kappa shape index (κ1) is 18.8. The summed E-state index contributed by atoms with van der Waals surface area (Å²) < 4.78 is 4.98. The van der Waals surface area contributed by atoms with Gasteiger partial charge in [-0.1, -0.05) is 23.2 Å². The first-order valence-corrected chi connectivity index (χ1v) is 7.85. The van der Waals surface area contributed by atoms with E-state index in [4.69, 9.17) is 27.9 Å². The van der Waals surface area contributed by atoms with Gasteiger partial charge in [0.2, 0.25) is 0 Å². The Morgan fingerprint density at radius 1 is 1.16 bits per heavy atom. The summed E-state index contributed by atoms with van der Waals surface area (Å²) in [5.41, 5.74) is 3.89. The number of carboxylic acid groups (broad SMARTS) is 1. The molecule has 2 aromatic rings. The molecular weight excluding hydrogens is 367 g/mol. The minimum Gasteiger partial charge on any atom is -0.546 e. The summed E-state index contributed by atoms with van der Waals surface area (Å²) in [6.45, 7) is 1.18. The molecule has 2 rings (SSSR count). The minimum absolute atomic E-state index is 0.219. The van der Waals surface area contributed by atoms with Crippen molar-refractivity contribution in [1.82, 2.24) is 5.43 Å². The van der Waals surface area contributed by atoms with Crippen LogP contribution in [0.3, 0.4) is 0 Å². The second kappa shape index (κ2) is 8.50. The van der Waals surface area contributed by atoms with Gasteiger partial charge in [-0.15, -0.1) is 0 Å². The molecule has 8 heteroatoms. The van der Waals surface area contributed by atoms with Gasteiger partial charge < -0.3 is 14.6 Å². The Bertz CT molecular complexity index is 820. The van der Waals surface area contributed by atoms with E-state index in [2.05, 4.69) is 10.5 Å². The number of ether oxygens (including phenoxy) is 1. The number of carbonyl (C=O) groups excluding carboxylic acids is 2. The molecule has 6 nitrogen and oxygen atoms in total. The Hall–Kier alpha value is -2.57. The van der Waals surface area contributed by atoms with E-state index in [1.807, 2.05) is 0 Å². The van der Waals surface area contributed by atoms with Crippen LogP contribution in [0.2, 0.25) is 10.0 Å². The number of aliphatic carboxylic acids is 1. The topological polar surface area (TPSA) is 90.8 Å². The van der Waals surface area contributed by atoms with Crippen molar-refractivity contribution < 1.29 is 19.4 Å². The van der Waals surface area contributed by atoms with Gasteiger partial charge in [-0.25, -0.2) is 5.43 Å². The molecule has 0 aliphatic rings. The molecule has 0 saturated carbocycles. The number of amides is 1. The fraction of sp³-hybridized carbons (Fsp3) is 0.118. The summed E-state index contributed by atoms with van der Waals surface area (Å²) in [5.74, 6) is -1.40. The Morgan fingerprint density at radius 3 is 2.48 bits per heavy atom. The number of halogens is 2. The zero-order valence-electron chi connectivity index (χ0n) is 13.1. The number of hydrazone groups is 1. The van der Waals surface area contributed by atoms with Crippen LogP contribution in [0, 0.1) is 0 Å². The van der Waals surface area contributed by atoms with Gasteiger partial charge in [-0.3, -0.25) is 4.79 Å². The lowest BCUT2D eigenvalue weighted by molar-refractivity contribution is -0.307. The number of hydrogen-bond donors (Lipinski definition) is 1. The number of hydrogen-bond acceptors (Lipinski definition) is 5. The van der Waals surface area contributed by atoms with Crippen LogP contribution in [0.1, 0.15) is 22.8 Å². The predicted molar refractivity (Wildman–Crippen MR) is 93.1 cm³/mol. The molecule has 0 unspecified atom stereocenters. The maximum absolute atomic E-state index is 12.1. The molecule has 0 radical (unpaired) electrons. The van der Waals surface area contributed by atoms with Crippen molar-refractivity contribution in [2.45, 2.75) is 6.92 Å². The molecular formula is C17H13Cl2N2O4-. The average molecular weight is 380 g/mol. The van der Waals surface area contributed by atoms with E-state index in [1.165, 1.54) is 12.1 Å². The van der Waals surface area contributed by atoms with Crippen LogP contribution in [0.15, 0.2) is 47.6 Å². The Kier molecular flexibility index (Phi) is 6.38. The molecule has 0 atom stereocenters. The van der Waals surface area contributed by atoms with Gasteiger partial charge in [0.25, 0.3) is 5.91 Å². The molecule has 25 heavy (non-hydrogen) atoms. The largest absolute Gasteiger partial charge is 0.546 e. The molecule has 0 spiro atoms. The van der Waals surface area contributed by atoms with Gasteiger partial charge in [0, 0.05) is 5.02 Å². The lowest BCUT2D eigenvalue weighted by Crippen LogP contribution is -2.28. The summed E-state index contributed by atoms with van der Waals surface area (Å²) in [5, 5.41) is 15.0. The van der Waals surface area contributed by atoms with Crippen molar-refractivity contribution in [3.63, 3.8) is 0 Å². The summed E-state index contributed by atoms with van der Waals surface area (Å²) in [6, 6.07) is 11.1. The van der Waals surface area contributed by atoms with E-state index in [9.17, 15) is 14.7 Å². The standard InChI is InChI=1S/C17H14Cl2N2O4/c1-10(11-2-5-13(6-3-11)25-9-16(22)23)20-21-17(24)14-8-12(18)4-7-15(14)19/h2-8H,9H2,1H3,(H,21,24)(H,22,23)/p-1/b20-10-. The van der Waals surface area contributed by atoms with Gasteiger partial charge in [-0.2, -0.15) is 5.10 Å². The molecule has 2 aromatic carbocycles. The number of carbonyl (C=O) groups is 2. The third-order valence-electron chi connectivity index (χ3n) is 3.13. The third kappa shape index (κ3) is 5.48. The lowest BCUT2D eigenvalue weighted by atomic mass is 10.1. The van der Waals surface area contributed by atoms with Crippen LogP contribution in [-0.4, -0.2) is 24.2 Å². The number of rotatable bonds is 6. The molecule has 1 N–H and O–H groups in total. The van der Waals surface area contributed by atoms with Crippen LogP contribution in [0.25, 0.3) is 0 Å². The number of carboxylic acids is 1. The highest BCUT2D eigenvalue weighted by atomic mass is 35.5. The van der Waals surface area contributed by atoms with E-state index in [1.54, 1.807) is 37.3 Å². The van der Waals surface area contributed by atoms with Crippen molar-refractivity contribution in [2.75, 3.05) is 6.61 Å². The SMILES string of the molecule is C/C(=N/NC(=O)c1cc(Cl)ccc1Cl)c1ccc(OCC(=O)[O-])cc1. The van der Waals surface area contributed by atoms with Crippen molar-refractivity contribution in [3.05, 3.63) is 63.6 Å². The second-order valence-corrected chi connectivity index (χ2v) is 5.79. The molecule has 0 aromatic heterocycles. The Labute approximate surface area is 154 Å². The van der Waals surface area contributed by atoms with Gasteiger partial charge in [-0.05, 0) is 55.0 Å². The van der Waals surface area contributed by atoms with E-state index in [0.29, 0.717) is 16.5 Å². The third-order valence-corrected chi connectivity index (χ3v) is 3.69. The van der Waals surface area contributed by atoms with Gasteiger partial charge in [0.1, 0.15) is 12.4 Å². The fourth-order valence-corrected chi connectivity index (χ4v) is 2.24. The molecule has 0 bridgehead atoms. The number of nitrogens with one attached hydrogen (secondary N) is 1. The molecule has 1 amide bonds. The quantitative estimate of drug-likeness (QED) is 0.615. The van der Waals surface area contributed by atoms with E-state index in [0.717, 1.165) is 5.56 Å². The molecule has 0 saturated heterocycles. The van der Waals surface area contributed by atoms with E-state index >= 15 is 0 Å². The zero-order chi connectivity index (χ0) is 18.4. The Morgan fingerprint density at radius 2 is 1.84 bits per heavy atom. The number of benzene rings is 2. The summed E-state index contributed by atoms with van der Waals surface area (Å²) in [6.07, 6.45) is 0. The van der Waals surface area contributed by atoms with Gasteiger partial charge >= 0.3 is 0 Å². The second-order valence-electron chi connectivity index (χ2n) is 4.95. The van der Waals surface area contributed by atoms with Crippen molar-refractivity contribution in [2.24, 2.45) is 5.10 Å². The van der Waals surface area contributed by atoms with Crippen LogP contribution in [0.4, 0.5) is 0 Å². The first-order valence-electron chi connectivity index (χ1n) is 7.09. The van der Waals surface area contributed by atoms with Crippen molar-refractivity contribution >= 4 is 40.8 Å². The van der Waals surface area contributed by atoms with E-state index in [-0.39, 0.29) is 10.6 Å². The maximum atomic E-state index is 12.1. The zero-order valence-corrected chi connectivity index (χ0v) is 14.6. The van der Waals surface area contributed by atoms with Gasteiger partial charge in [0.05, 0.1) is 22.3 Å². The van der Waals surface area contributed by atoms with Crippen LogP contribution >= 0.6 is 23.2 Å².